The molecule has 27 heavy (non-hydrogen) atoms. The van der Waals surface area contributed by atoms with Gasteiger partial charge >= 0.3 is 0 Å². The van der Waals surface area contributed by atoms with Crippen molar-refractivity contribution in [3.63, 3.8) is 0 Å². The SMILES string of the molecule is CNC(=O)[C@@]1(Cc2cc(C(C)C)no2)CCN(C(=O)c2cnc(C)cn2)C1. The molecule has 1 atom stereocenters. The van der Waals surface area contributed by atoms with Crippen molar-refractivity contribution in [3.8, 4) is 0 Å². The van der Waals surface area contributed by atoms with Gasteiger partial charge in [-0.25, -0.2) is 4.98 Å². The van der Waals surface area contributed by atoms with Crippen molar-refractivity contribution in [3.05, 3.63) is 41.3 Å². The van der Waals surface area contributed by atoms with Crippen molar-refractivity contribution in [2.45, 2.75) is 39.5 Å². The van der Waals surface area contributed by atoms with Crippen molar-refractivity contribution in [1.29, 1.82) is 0 Å². The number of aromatic nitrogens is 3. The molecule has 2 aromatic rings. The highest BCUT2D eigenvalue weighted by Gasteiger charge is 2.46. The van der Waals surface area contributed by atoms with Crippen LogP contribution >= 0.6 is 0 Å². The lowest BCUT2D eigenvalue weighted by molar-refractivity contribution is -0.130. The van der Waals surface area contributed by atoms with E-state index in [0.717, 1.165) is 11.4 Å². The first-order chi connectivity index (χ1) is 12.8. The molecule has 0 saturated carbocycles. The van der Waals surface area contributed by atoms with Crippen LogP contribution in [0, 0.1) is 12.3 Å². The third kappa shape index (κ3) is 3.84. The van der Waals surface area contributed by atoms with Crippen LogP contribution in [0.5, 0.6) is 0 Å². The molecule has 1 aliphatic rings. The lowest BCUT2D eigenvalue weighted by Gasteiger charge is -2.26. The Bertz CT molecular complexity index is 830. The molecule has 8 heteroatoms. The Hall–Kier alpha value is -2.77. The fourth-order valence-electron chi connectivity index (χ4n) is 3.40. The molecule has 2 aromatic heterocycles. The predicted molar refractivity (Wildman–Crippen MR) is 98.1 cm³/mol. The molecule has 1 aliphatic heterocycles. The molecule has 1 fully saturated rings. The lowest BCUT2D eigenvalue weighted by atomic mass is 9.81. The summed E-state index contributed by atoms with van der Waals surface area (Å²) in [5, 5.41) is 6.82. The fraction of sp³-hybridized carbons (Fsp3) is 0.526. The van der Waals surface area contributed by atoms with Gasteiger partial charge in [-0.2, -0.15) is 0 Å². The van der Waals surface area contributed by atoms with Crippen LogP contribution in [-0.2, 0) is 11.2 Å². The van der Waals surface area contributed by atoms with Gasteiger partial charge in [0.2, 0.25) is 5.91 Å². The summed E-state index contributed by atoms with van der Waals surface area (Å²) in [6.07, 6.45) is 3.99. The second-order valence-corrected chi connectivity index (χ2v) is 7.43. The van der Waals surface area contributed by atoms with E-state index in [-0.39, 0.29) is 23.4 Å². The summed E-state index contributed by atoms with van der Waals surface area (Å²) in [5.41, 5.74) is 1.16. The molecule has 3 heterocycles. The average Bonchev–Trinajstić information content (AvgIpc) is 3.29. The van der Waals surface area contributed by atoms with E-state index in [1.807, 2.05) is 26.8 Å². The maximum Gasteiger partial charge on any atom is 0.274 e. The fourth-order valence-corrected chi connectivity index (χ4v) is 3.40. The maximum atomic E-state index is 12.8. The van der Waals surface area contributed by atoms with Crippen LogP contribution in [0.3, 0.4) is 0 Å². The Morgan fingerprint density at radius 1 is 1.33 bits per heavy atom. The molecule has 0 radical (unpaired) electrons. The zero-order valence-electron chi connectivity index (χ0n) is 16.2. The number of hydrogen-bond acceptors (Lipinski definition) is 6. The minimum absolute atomic E-state index is 0.102. The van der Waals surface area contributed by atoms with Gasteiger partial charge in [-0.3, -0.25) is 14.6 Å². The van der Waals surface area contributed by atoms with Gasteiger partial charge in [0.15, 0.2) is 0 Å². The summed E-state index contributed by atoms with van der Waals surface area (Å²) < 4.78 is 5.45. The molecule has 3 rings (SSSR count). The van der Waals surface area contributed by atoms with Gasteiger partial charge in [0, 0.05) is 38.8 Å². The first-order valence-electron chi connectivity index (χ1n) is 9.10. The van der Waals surface area contributed by atoms with Crippen LogP contribution in [0.15, 0.2) is 23.0 Å². The smallest absolute Gasteiger partial charge is 0.274 e. The molecule has 0 bridgehead atoms. The number of aryl methyl sites for hydroxylation is 1. The quantitative estimate of drug-likeness (QED) is 0.859. The van der Waals surface area contributed by atoms with Crippen LogP contribution in [-0.4, -0.2) is 52.0 Å². The molecule has 0 spiro atoms. The molecule has 1 N–H and O–H groups in total. The van der Waals surface area contributed by atoms with Gasteiger partial charge in [0.25, 0.3) is 5.91 Å². The van der Waals surface area contributed by atoms with Gasteiger partial charge in [0.05, 0.1) is 23.0 Å². The summed E-state index contributed by atoms with van der Waals surface area (Å²) in [7, 11) is 1.61. The summed E-state index contributed by atoms with van der Waals surface area (Å²) >= 11 is 0. The summed E-state index contributed by atoms with van der Waals surface area (Å²) in [6, 6.07) is 1.89. The van der Waals surface area contributed by atoms with E-state index in [2.05, 4.69) is 20.4 Å². The average molecular weight is 371 g/mol. The highest BCUT2D eigenvalue weighted by atomic mass is 16.5. The molecular weight excluding hydrogens is 346 g/mol. The Morgan fingerprint density at radius 3 is 2.70 bits per heavy atom. The molecule has 8 nitrogen and oxygen atoms in total. The minimum Gasteiger partial charge on any atom is -0.361 e. The second-order valence-electron chi connectivity index (χ2n) is 7.43. The van der Waals surface area contributed by atoms with Crippen molar-refractivity contribution in [1.82, 2.24) is 25.3 Å². The van der Waals surface area contributed by atoms with E-state index >= 15 is 0 Å². The summed E-state index contributed by atoms with van der Waals surface area (Å²) in [5.74, 6) is 0.593. The number of nitrogens with one attached hydrogen (secondary N) is 1. The topological polar surface area (TPSA) is 101 Å². The number of rotatable bonds is 5. The first kappa shape index (κ1) is 19.0. The number of carbonyl (C=O) groups excluding carboxylic acids is 2. The van der Waals surface area contributed by atoms with Crippen LogP contribution < -0.4 is 5.32 Å². The Kier molecular flexibility index (Phi) is 5.25. The molecule has 144 valence electrons. The largest absolute Gasteiger partial charge is 0.361 e. The molecule has 0 aromatic carbocycles. The normalized spacial score (nSPS) is 19.5. The predicted octanol–water partition coefficient (Wildman–Crippen LogP) is 1.72. The van der Waals surface area contributed by atoms with E-state index in [4.69, 9.17) is 4.52 Å². The van der Waals surface area contributed by atoms with Crippen molar-refractivity contribution in [2.75, 3.05) is 20.1 Å². The number of nitrogens with zero attached hydrogens (tertiary/aromatic N) is 4. The molecule has 2 amide bonds. The van der Waals surface area contributed by atoms with Gasteiger partial charge in [-0.15, -0.1) is 0 Å². The third-order valence-corrected chi connectivity index (χ3v) is 5.03. The standard InChI is InChI=1S/C19H25N5O3/c1-12(2)15-7-14(27-23-15)8-19(18(26)20-4)5-6-24(11-19)17(25)16-10-21-13(3)9-22-16/h7,9-10,12H,5-6,8,11H2,1-4H3,(H,20,26)/t19-/m1/s1. The van der Waals surface area contributed by atoms with E-state index in [0.29, 0.717) is 31.7 Å². The van der Waals surface area contributed by atoms with E-state index < -0.39 is 5.41 Å². The van der Waals surface area contributed by atoms with Crippen molar-refractivity contribution >= 4 is 11.8 Å². The van der Waals surface area contributed by atoms with E-state index in [1.54, 1.807) is 18.1 Å². The molecule has 0 unspecified atom stereocenters. The highest BCUT2D eigenvalue weighted by molar-refractivity contribution is 5.93. The number of amides is 2. The summed E-state index contributed by atoms with van der Waals surface area (Å²) in [6.45, 7) is 6.67. The lowest BCUT2D eigenvalue weighted by Crippen LogP contribution is -2.44. The molecular formula is C19H25N5O3. The van der Waals surface area contributed by atoms with Gasteiger partial charge in [0.1, 0.15) is 11.5 Å². The third-order valence-electron chi connectivity index (χ3n) is 5.03. The van der Waals surface area contributed by atoms with Gasteiger partial charge < -0.3 is 14.7 Å². The first-order valence-corrected chi connectivity index (χ1v) is 9.10. The monoisotopic (exact) mass is 371 g/mol. The Balaban J connectivity index is 1.80. The van der Waals surface area contributed by atoms with E-state index in [9.17, 15) is 9.59 Å². The van der Waals surface area contributed by atoms with Crippen molar-refractivity contribution < 1.29 is 14.1 Å². The maximum absolute atomic E-state index is 12.8. The molecule has 0 aliphatic carbocycles. The Morgan fingerprint density at radius 2 is 2.11 bits per heavy atom. The van der Waals surface area contributed by atoms with Crippen LogP contribution in [0.2, 0.25) is 0 Å². The van der Waals surface area contributed by atoms with Crippen molar-refractivity contribution in [2.24, 2.45) is 5.41 Å². The zero-order valence-corrected chi connectivity index (χ0v) is 16.2. The second kappa shape index (κ2) is 7.46. The number of likely N-dealkylation sites (tertiary alicyclic amines) is 1. The minimum atomic E-state index is -0.740. The zero-order chi connectivity index (χ0) is 19.6. The van der Waals surface area contributed by atoms with Crippen LogP contribution in [0.4, 0.5) is 0 Å². The highest BCUT2D eigenvalue weighted by Crippen LogP contribution is 2.35. The molecule has 1 saturated heterocycles. The van der Waals surface area contributed by atoms with Gasteiger partial charge in [-0.05, 0) is 19.3 Å². The van der Waals surface area contributed by atoms with Gasteiger partial charge in [-0.1, -0.05) is 19.0 Å². The number of hydrogen-bond donors (Lipinski definition) is 1. The van der Waals surface area contributed by atoms with Crippen LogP contribution in [0.1, 0.15) is 53.8 Å². The number of carbonyl (C=O) groups is 2. The Labute approximate surface area is 158 Å². The summed E-state index contributed by atoms with van der Waals surface area (Å²) in [4.78, 5) is 35.4. The van der Waals surface area contributed by atoms with E-state index in [1.165, 1.54) is 6.20 Å². The van der Waals surface area contributed by atoms with Crippen LogP contribution in [0.25, 0.3) is 0 Å².